The van der Waals surface area contributed by atoms with Crippen LogP contribution in [-0.4, -0.2) is 38.4 Å². The van der Waals surface area contributed by atoms with Crippen LogP contribution in [-0.2, 0) is 10.0 Å². The van der Waals surface area contributed by atoms with Gasteiger partial charge in [-0.25, -0.2) is 8.42 Å². The Bertz CT molecular complexity index is 616. The predicted octanol–water partition coefficient (Wildman–Crippen LogP) is 1.71. The number of hydrogen-bond acceptors (Lipinski definition) is 4. The lowest BCUT2D eigenvalue weighted by molar-refractivity contribution is 0.369. The molecule has 0 spiro atoms. The molecule has 1 atom stereocenters. The van der Waals surface area contributed by atoms with Gasteiger partial charge in [-0.2, -0.15) is 9.57 Å². The third-order valence-corrected chi connectivity index (χ3v) is 5.52. The molecular formula is C15H21N3O2S. The van der Waals surface area contributed by atoms with Gasteiger partial charge in [-0.3, -0.25) is 0 Å². The van der Waals surface area contributed by atoms with Crippen LogP contribution in [0.4, 0.5) is 0 Å². The van der Waals surface area contributed by atoms with Gasteiger partial charge in [0, 0.05) is 19.1 Å². The average Bonchev–Trinajstić information content (AvgIpc) is 3.00. The van der Waals surface area contributed by atoms with Crippen LogP contribution in [0.15, 0.2) is 29.2 Å². The van der Waals surface area contributed by atoms with Crippen molar-refractivity contribution < 1.29 is 8.42 Å². The molecule has 0 saturated carbocycles. The van der Waals surface area contributed by atoms with Gasteiger partial charge in [0.15, 0.2) is 0 Å². The molecule has 0 radical (unpaired) electrons. The Morgan fingerprint density at radius 1 is 1.48 bits per heavy atom. The van der Waals surface area contributed by atoms with E-state index in [0.717, 1.165) is 25.8 Å². The van der Waals surface area contributed by atoms with Crippen molar-refractivity contribution in [2.24, 2.45) is 0 Å². The van der Waals surface area contributed by atoms with Crippen LogP contribution in [0.2, 0.25) is 0 Å². The number of benzene rings is 1. The van der Waals surface area contributed by atoms with E-state index in [1.54, 1.807) is 18.2 Å². The lowest BCUT2D eigenvalue weighted by Gasteiger charge is -2.25. The summed E-state index contributed by atoms with van der Waals surface area (Å²) >= 11 is 0. The van der Waals surface area contributed by atoms with Crippen molar-refractivity contribution >= 4 is 10.0 Å². The molecule has 1 unspecified atom stereocenters. The third-order valence-electron chi connectivity index (χ3n) is 3.66. The topological polar surface area (TPSA) is 73.2 Å². The molecular weight excluding hydrogens is 286 g/mol. The zero-order valence-corrected chi connectivity index (χ0v) is 13.1. The van der Waals surface area contributed by atoms with E-state index in [0.29, 0.717) is 18.7 Å². The molecule has 1 N–H and O–H groups in total. The summed E-state index contributed by atoms with van der Waals surface area (Å²) in [5, 5.41) is 12.3. The van der Waals surface area contributed by atoms with Gasteiger partial charge < -0.3 is 5.32 Å². The van der Waals surface area contributed by atoms with Crippen LogP contribution in [0, 0.1) is 11.3 Å². The van der Waals surface area contributed by atoms with Crippen molar-refractivity contribution in [3.63, 3.8) is 0 Å². The number of rotatable bonds is 6. The van der Waals surface area contributed by atoms with Gasteiger partial charge in [0.25, 0.3) is 0 Å². The van der Waals surface area contributed by atoms with Crippen molar-refractivity contribution in [1.29, 1.82) is 5.26 Å². The van der Waals surface area contributed by atoms with Gasteiger partial charge in [-0.15, -0.1) is 0 Å². The summed E-state index contributed by atoms with van der Waals surface area (Å²) in [6, 6.07) is 8.44. The molecule has 0 bridgehead atoms. The third kappa shape index (κ3) is 3.82. The van der Waals surface area contributed by atoms with Crippen molar-refractivity contribution in [1.82, 2.24) is 9.62 Å². The molecule has 1 heterocycles. The molecule has 1 fully saturated rings. The number of hydrogen-bond donors (Lipinski definition) is 1. The first kappa shape index (κ1) is 16.0. The maximum Gasteiger partial charge on any atom is 0.243 e. The van der Waals surface area contributed by atoms with Gasteiger partial charge in [-0.05, 0) is 44.0 Å². The Kier molecular flexibility index (Phi) is 5.34. The second-order valence-electron chi connectivity index (χ2n) is 5.30. The zero-order chi connectivity index (χ0) is 15.3. The number of sulfonamides is 1. The van der Waals surface area contributed by atoms with E-state index in [1.165, 1.54) is 10.4 Å². The Morgan fingerprint density at radius 3 is 2.90 bits per heavy atom. The number of nitrogens with one attached hydrogen (secondary N) is 1. The molecule has 0 aromatic heterocycles. The highest BCUT2D eigenvalue weighted by molar-refractivity contribution is 7.89. The summed E-state index contributed by atoms with van der Waals surface area (Å²) in [5.74, 6) is 0. The molecule has 114 valence electrons. The van der Waals surface area contributed by atoms with Crippen LogP contribution in [0.3, 0.4) is 0 Å². The number of nitrogens with zero attached hydrogens (tertiary/aromatic N) is 2. The van der Waals surface area contributed by atoms with Gasteiger partial charge in [-0.1, -0.05) is 13.0 Å². The highest BCUT2D eigenvalue weighted by atomic mass is 32.2. The van der Waals surface area contributed by atoms with Crippen LogP contribution in [0.5, 0.6) is 0 Å². The predicted molar refractivity (Wildman–Crippen MR) is 81.2 cm³/mol. The summed E-state index contributed by atoms with van der Waals surface area (Å²) in [6.45, 7) is 3.91. The fraction of sp³-hybridized carbons (Fsp3) is 0.533. The second-order valence-corrected chi connectivity index (χ2v) is 7.23. The van der Waals surface area contributed by atoms with Crippen molar-refractivity contribution in [3.05, 3.63) is 29.8 Å². The van der Waals surface area contributed by atoms with Gasteiger partial charge in [0.2, 0.25) is 10.0 Å². The van der Waals surface area contributed by atoms with E-state index < -0.39 is 10.0 Å². The highest BCUT2D eigenvalue weighted by Gasteiger charge is 2.27. The molecule has 1 aromatic carbocycles. The molecule has 5 nitrogen and oxygen atoms in total. The molecule has 0 amide bonds. The zero-order valence-electron chi connectivity index (χ0n) is 12.2. The summed E-state index contributed by atoms with van der Waals surface area (Å²) in [7, 11) is -3.54. The Hall–Kier alpha value is -1.42. The van der Waals surface area contributed by atoms with Crippen LogP contribution in [0.1, 0.15) is 31.7 Å². The summed E-state index contributed by atoms with van der Waals surface area (Å²) in [4.78, 5) is 0.202. The van der Waals surface area contributed by atoms with Crippen molar-refractivity contribution in [2.45, 2.75) is 37.1 Å². The maximum absolute atomic E-state index is 12.8. The Balaban J connectivity index is 2.25. The molecule has 1 aromatic rings. The summed E-state index contributed by atoms with van der Waals surface area (Å²) in [5.41, 5.74) is 0.367. The lowest BCUT2D eigenvalue weighted by Crippen LogP contribution is -2.41. The standard InChI is InChI=1S/C15H21N3O2S/c1-2-9-18(12-14-6-4-8-17-14)21(19,20)15-7-3-5-13(10-15)11-16/h3,5,7,10,14,17H,2,4,6,8-9,12H2,1H3. The fourth-order valence-electron chi connectivity index (χ4n) is 2.59. The molecule has 1 aliphatic rings. The molecule has 0 aliphatic carbocycles. The van der Waals surface area contributed by atoms with E-state index in [1.807, 2.05) is 13.0 Å². The maximum atomic E-state index is 12.8. The lowest BCUT2D eigenvalue weighted by atomic mass is 10.2. The number of nitriles is 1. The minimum Gasteiger partial charge on any atom is -0.313 e. The van der Waals surface area contributed by atoms with E-state index in [4.69, 9.17) is 5.26 Å². The Morgan fingerprint density at radius 2 is 2.29 bits per heavy atom. The van der Waals surface area contributed by atoms with Gasteiger partial charge >= 0.3 is 0 Å². The largest absolute Gasteiger partial charge is 0.313 e. The van der Waals surface area contributed by atoms with E-state index in [2.05, 4.69) is 5.32 Å². The SMILES string of the molecule is CCCN(CC1CCCN1)S(=O)(=O)c1cccc(C#N)c1. The van der Waals surface area contributed by atoms with Gasteiger partial charge in [0.1, 0.15) is 0 Å². The highest BCUT2D eigenvalue weighted by Crippen LogP contribution is 2.19. The molecule has 1 aliphatic heterocycles. The fourth-order valence-corrected chi connectivity index (χ4v) is 4.22. The normalized spacial score (nSPS) is 18.8. The van der Waals surface area contributed by atoms with E-state index in [9.17, 15) is 8.42 Å². The Labute approximate surface area is 126 Å². The quantitative estimate of drug-likeness (QED) is 0.868. The summed E-state index contributed by atoms with van der Waals surface area (Å²) in [6.07, 6.45) is 2.87. The molecule has 1 saturated heterocycles. The smallest absolute Gasteiger partial charge is 0.243 e. The summed E-state index contributed by atoms with van der Waals surface area (Å²) < 4.78 is 27.1. The monoisotopic (exact) mass is 307 g/mol. The van der Waals surface area contributed by atoms with E-state index >= 15 is 0 Å². The average molecular weight is 307 g/mol. The van der Waals surface area contributed by atoms with Crippen LogP contribution < -0.4 is 5.32 Å². The first-order chi connectivity index (χ1) is 10.1. The van der Waals surface area contributed by atoms with Crippen LogP contribution in [0.25, 0.3) is 0 Å². The minimum atomic E-state index is -3.54. The van der Waals surface area contributed by atoms with Crippen molar-refractivity contribution in [2.75, 3.05) is 19.6 Å². The van der Waals surface area contributed by atoms with E-state index in [-0.39, 0.29) is 10.9 Å². The second kappa shape index (κ2) is 7.03. The molecule has 6 heteroatoms. The first-order valence-electron chi connectivity index (χ1n) is 7.31. The molecule has 2 rings (SSSR count). The van der Waals surface area contributed by atoms with Gasteiger partial charge in [0.05, 0.1) is 16.5 Å². The van der Waals surface area contributed by atoms with Crippen LogP contribution >= 0.6 is 0 Å². The first-order valence-corrected chi connectivity index (χ1v) is 8.75. The molecule has 21 heavy (non-hydrogen) atoms. The minimum absolute atomic E-state index is 0.202. The van der Waals surface area contributed by atoms with Crippen molar-refractivity contribution in [3.8, 4) is 6.07 Å².